The van der Waals surface area contributed by atoms with Gasteiger partial charge in [-0.05, 0) is 20.0 Å². The third-order valence-electron chi connectivity index (χ3n) is 2.76. The summed E-state index contributed by atoms with van der Waals surface area (Å²) in [6, 6.07) is 1.22. The molecule has 0 aliphatic heterocycles. The van der Waals surface area contributed by atoms with Gasteiger partial charge in [-0.3, -0.25) is 14.9 Å². The summed E-state index contributed by atoms with van der Waals surface area (Å²) in [7, 11) is 1.50. The van der Waals surface area contributed by atoms with Crippen LogP contribution in [-0.2, 0) is 4.79 Å². The maximum Gasteiger partial charge on any atom is 0.320 e. The maximum atomic E-state index is 13.6. The Bertz CT molecular complexity index is 521. The minimum atomic E-state index is -1.03. The van der Waals surface area contributed by atoms with Gasteiger partial charge in [0, 0.05) is 12.0 Å². The second-order valence-electron chi connectivity index (χ2n) is 4.14. The summed E-state index contributed by atoms with van der Waals surface area (Å²) in [5.74, 6) is -2.01. The average Bonchev–Trinajstić information content (AvgIpc) is 2.37. The molecule has 1 unspecified atom stereocenters. The van der Waals surface area contributed by atoms with Crippen LogP contribution in [0.15, 0.2) is 12.1 Å². The van der Waals surface area contributed by atoms with E-state index in [1.165, 1.54) is 20.0 Å². The summed E-state index contributed by atoms with van der Waals surface area (Å²) in [6.07, 6.45) is 0.140. The summed E-state index contributed by atoms with van der Waals surface area (Å²) >= 11 is 0. The SMILES string of the molecule is CNC(CCOc1cc(C)c([N+](=O)[O-])cc1F)C(=O)O. The normalized spacial score (nSPS) is 11.9. The van der Waals surface area contributed by atoms with Crippen molar-refractivity contribution in [2.45, 2.75) is 19.4 Å². The molecule has 20 heavy (non-hydrogen) atoms. The molecule has 0 aliphatic carbocycles. The summed E-state index contributed by atoms with van der Waals surface area (Å²) in [5.41, 5.74) is -0.0525. The first-order valence-electron chi connectivity index (χ1n) is 5.84. The van der Waals surface area contributed by atoms with Gasteiger partial charge >= 0.3 is 5.97 Å². The fourth-order valence-corrected chi connectivity index (χ4v) is 1.63. The highest BCUT2D eigenvalue weighted by Gasteiger charge is 2.18. The van der Waals surface area contributed by atoms with Gasteiger partial charge in [0.2, 0.25) is 0 Å². The van der Waals surface area contributed by atoms with Crippen molar-refractivity contribution in [3.63, 3.8) is 0 Å². The Hall–Kier alpha value is -2.22. The van der Waals surface area contributed by atoms with Crippen LogP contribution in [0.1, 0.15) is 12.0 Å². The summed E-state index contributed by atoms with van der Waals surface area (Å²) in [4.78, 5) is 20.7. The van der Waals surface area contributed by atoms with Crippen molar-refractivity contribution in [2.75, 3.05) is 13.7 Å². The van der Waals surface area contributed by atoms with Crippen molar-refractivity contribution in [2.24, 2.45) is 0 Å². The average molecular weight is 286 g/mol. The molecule has 110 valence electrons. The molecule has 0 aliphatic rings. The summed E-state index contributed by atoms with van der Waals surface area (Å²) in [5, 5.41) is 22.0. The van der Waals surface area contributed by atoms with Crippen LogP contribution in [-0.4, -0.2) is 35.7 Å². The third kappa shape index (κ3) is 3.89. The number of aliphatic carboxylic acids is 1. The number of carboxylic acid groups (broad SMARTS) is 1. The first-order chi connectivity index (χ1) is 9.36. The lowest BCUT2D eigenvalue weighted by Crippen LogP contribution is -2.35. The van der Waals surface area contributed by atoms with Crippen LogP contribution in [0.25, 0.3) is 0 Å². The third-order valence-corrected chi connectivity index (χ3v) is 2.76. The van der Waals surface area contributed by atoms with Crippen LogP contribution in [0.5, 0.6) is 5.75 Å². The molecular weight excluding hydrogens is 271 g/mol. The zero-order valence-corrected chi connectivity index (χ0v) is 11.1. The molecule has 1 aromatic rings. The van der Waals surface area contributed by atoms with E-state index in [1.54, 1.807) is 0 Å². The van der Waals surface area contributed by atoms with E-state index >= 15 is 0 Å². The van der Waals surface area contributed by atoms with Gasteiger partial charge in [0.25, 0.3) is 5.69 Å². The molecule has 1 atom stereocenters. The lowest BCUT2D eigenvalue weighted by molar-refractivity contribution is -0.385. The van der Waals surface area contributed by atoms with Gasteiger partial charge in [-0.25, -0.2) is 4.39 Å². The Balaban J connectivity index is 2.72. The van der Waals surface area contributed by atoms with Gasteiger partial charge in [-0.15, -0.1) is 0 Å². The molecule has 7 nitrogen and oxygen atoms in total. The number of halogens is 1. The number of rotatable bonds is 7. The van der Waals surface area contributed by atoms with Gasteiger partial charge in [0.15, 0.2) is 11.6 Å². The number of hydrogen-bond acceptors (Lipinski definition) is 5. The Morgan fingerprint density at radius 1 is 1.60 bits per heavy atom. The van der Waals surface area contributed by atoms with Crippen molar-refractivity contribution in [1.29, 1.82) is 0 Å². The Morgan fingerprint density at radius 3 is 2.75 bits per heavy atom. The van der Waals surface area contributed by atoms with Crippen molar-refractivity contribution in [3.05, 3.63) is 33.6 Å². The predicted octanol–water partition coefficient (Wildman–Crippen LogP) is 1.48. The van der Waals surface area contributed by atoms with Crippen molar-refractivity contribution in [3.8, 4) is 5.75 Å². The van der Waals surface area contributed by atoms with Crippen LogP contribution in [0, 0.1) is 22.9 Å². The van der Waals surface area contributed by atoms with Crippen LogP contribution in [0.3, 0.4) is 0 Å². The standard InChI is InChI=1S/C12H15FN2O5/c1-7-5-11(8(13)6-10(7)15(18)19)20-4-3-9(14-2)12(16)17/h5-6,9,14H,3-4H2,1-2H3,(H,16,17). The van der Waals surface area contributed by atoms with Gasteiger partial charge in [-0.2, -0.15) is 0 Å². The number of nitrogens with one attached hydrogen (secondary N) is 1. The Kier molecular flexibility index (Phi) is 5.39. The predicted molar refractivity (Wildman–Crippen MR) is 68.4 cm³/mol. The lowest BCUT2D eigenvalue weighted by Gasteiger charge is -2.12. The number of nitro benzene ring substituents is 1. The highest BCUT2D eigenvalue weighted by molar-refractivity contribution is 5.73. The molecule has 0 bridgehead atoms. The highest BCUT2D eigenvalue weighted by Crippen LogP contribution is 2.27. The van der Waals surface area contributed by atoms with Gasteiger partial charge < -0.3 is 15.2 Å². The molecule has 0 saturated carbocycles. The van der Waals surface area contributed by atoms with E-state index in [-0.39, 0.29) is 30.0 Å². The fourth-order valence-electron chi connectivity index (χ4n) is 1.63. The van der Waals surface area contributed by atoms with E-state index in [2.05, 4.69) is 5.32 Å². The number of aryl methyl sites for hydroxylation is 1. The van der Waals surface area contributed by atoms with Crippen molar-refractivity contribution in [1.82, 2.24) is 5.32 Å². The van der Waals surface area contributed by atoms with Crippen molar-refractivity contribution >= 4 is 11.7 Å². The maximum absolute atomic E-state index is 13.6. The number of hydrogen-bond donors (Lipinski definition) is 2. The Morgan fingerprint density at radius 2 is 2.25 bits per heavy atom. The molecule has 2 N–H and O–H groups in total. The molecule has 1 rings (SSSR count). The number of carbonyl (C=O) groups is 1. The smallest absolute Gasteiger partial charge is 0.320 e. The molecule has 0 aromatic heterocycles. The van der Waals surface area contributed by atoms with Crippen molar-refractivity contribution < 1.29 is 24.0 Å². The number of ether oxygens (including phenoxy) is 1. The molecular formula is C12H15FN2O5. The van der Waals surface area contributed by atoms with E-state index < -0.39 is 22.8 Å². The minimum Gasteiger partial charge on any atom is -0.490 e. The molecule has 0 fully saturated rings. The van der Waals surface area contributed by atoms with E-state index in [1.807, 2.05) is 0 Å². The summed E-state index contributed by atoms with van der Waals surface area (Å²) < 4.78 is 18.7. The topological polar surface area (TPSA) is 102 Å². The van der Waals surface area contributed by atoms with Gasteiger partial charge in [0.1, 0.15) is 6.04 Å². The number of nitrogens with zero attached hydrogens (tertiary/aromatic N) is 1. The largest absolute Gasteiger partial charge is 0.490 e. The first-order valence-corrected chi connectivity index (χ1v) is 5.84. The van der Waals surface area contributed by atoms with E-state index in [0.29, 0.717) is 0 Å². The number of likely N-dealkylation sites (N-methyl/N-ethyl adjacent to an activating group) is 1. The van der Waals surface area contributed by atoms with Crippen LogP contribution in [0.4, 0.5) is 10.1 Å². The van der Waals surface area contributed by atoms with E-state index in [4.69, 9.17) is 9.84 Å². The second kappa shape index (κ2) is 6.80. The molecule has 0 amide bonds. The first kappa shape index (κ1) is 15.8. The minimum absolute atomic E-state index is 0.0218. The molecule has 0 saturated heterocycles. The van der Waals surface area contributed by atoms with Crippen LogP contribution in [0.2, 0.25) is 0 Å². The number of carboxylic acids is 1. The van der Waals surface area contributed by atoms with Gasteiger partial charge in [0.05, 0.1) is 17.6 Å². The quantitative estimate of drug-likeness (QED) is 0.581. The molecule has 8 heteroatoms. The number of benzene rings is 1. The second-order valence-corrected chi connectivity index (χ2v) is 4.14. The molecule has 0 spiro atoms. The number of nitro groups is 1. The Labute approximate surface area is 114 Å². The van der Waals surface area contributed by atoms with E-state index in [0.717, 1.165) is 6.07 Å². The fraction of sp³-hybridized carbons (Fsp3) is 0.417. The monoisotopic (exact) mass is 286 g/mol. The van der Waals surface area contributed by atoms with E-state index in [9.17, 15) is 19.3 Å². The zero-order valence-electron chi connectivity index (χ0n) is 11.1. The summed E-state index contributed by atoms with van der Waals surface area (Å²) in [6.45, 7) is 1.45. The highest BCUT2D eigenvalue weighted by atomic mass is 19.1. The molecule has 0 radical (unpaired) electrons. The van der Waals surface area contributed by atoms with Gasteiger partial charge in [-0.1, -0.05) is 0 Å². The molecule has 0 heterocycles. The van der Waals surface area contributed by atoms with Crippen LogP contribution < -0.4 is 10.1 Å². The molecule has 1 aromatic carbocycles. The van der Waals surface area contributed by atoms with Crippen LogP contribution >= 0.6 is 0 Å². The zero-order chi connectivity index (χ0) is 15.3. The lowest BCUT2D eigenvalue weighted by atomic mass is 10.2.